The van der Waals surface area contributed by atoms with Gasteiger partial charge in [0.1, 0.15) is 36.5 Å². The fourth-order valence-corrected chi connectivity index (χ4v) is 7.05. The van der Waals surface area contributed by atoms with Crippen LogP contribution in [0.3, 0.4) is 0 Å². The minimum Gasteiger partial charge on any atom is -0.461 e. The maximum atomic E-state index is 13.3. The SMILES string of the molecule is C#C[C@]1(COC(=O)CC(C)(C)c2c(C)cc(C)cc2OC(C)=O)OCC(n2cnc3/c(=N/Cc4oc(=O)oc4C)n(Cc4oc(=O)oc4C)c(Cl)nc32)[C@@H]1O. The third-order valence-corrected chi connectivity index (χ3v) is 9.65. The van der Waals surface area contributed by atoms with E-state index in [0.29, 0.717) is 11.3 Å². The van der Waals surface area contributed by atoms with E-state index in [2.05, 4.69) is 20.9 Å². The average molecular weight is 780 g/mol. The number of imidazole rings is 1. The molecule has 1 aromatic carbocycles. The second-order valence-corrected chi connectivity index (χ2v) is 14.3. The molecule has 5 aromatic rings. The Bertz CT molecular complexity index is 2540. The van der Waals surface area contributed by atoms with Crippen LogP contribution in [0.15, 0.2) is 50.7 Å². The smallest absolute Gasteiger partial charge is 0.461 e. The molecule has 18 heteroatoms. The first-order chi connectivity index (χ1) is 25.9. The summed E-state index contributed by atoms with van der Waals surface area (Å²) >= 11 is 6.72. The van der Waals surface area contributed by atoms with E-state index in [1.165, 1.54) is 22.4 Å². The summed E-state index contributed by atoms with van der Waals surface area (Å²) in [5, 5.41) is 11.6. The van der Waals surface area contributed by atoms with Gasteiger partial charge in [-0.05, 0) is 56.5 Å². The number of terminal acetylenes is 1. The van der Waals surface area contributed by atoms with Crippen molar-refractivity contribution in [3.63, 3.8) is 0 Å². The molecule has 0 amide bonds. The van der Waals surface area contributed by atoms with Gasteiger partial charge in [-0.25, -0.2) is 14.6 Å². The summed E-state index contributed by atoms with van der Waals surface area (Å²) in [5.41, 5.74) is 0.345. The minimum absolute atomic E-state index is 0.115. The van der Waals surface area contributed by atoms with Gasteiger partial charge >= 0.3 is 23.6 Å². The molecule has 0 saturated carbocycles. The van der Waals surface area contributed by atoms with Crippen LogP contribution in [-0.4, -0.2) is 61.1 Å². The van der Waals surface area contributed by atoms with Gasteiger partial charge in [-0.3, -0.25) is 19.1 Å². The number of halogens is 1. The zero-order valence-electron chi connectivity index (χ0n) is 31.1. The number of carbonyl (C=O) groups is 2. The quantitative estimate of drug-likeness (QED) is 0.0879. The molecule has 1 aliphatic rings. The van der Waals surface area contributed by atoms with E-state index in [9.17, 15) is 24.3 Å². The number of aryl methyl sites for hydroxylation is 4. The number of aromatic nitrogens is 4. The first-order valence-corrected chi connectivity index (χ1v) is 17.4. The first-order valence-electron chi connectivity index (χ1n) is 17.0. The van der Waals surface area contributed by atoms with Crippen LogP contribution in [0, 0.1) is 40.0 Å². The van der Waals surface area contributed by atoms with Crippen LogP contribution in [0.25, 0.3) is 11.2 Å². The molecule has 4 aromatic heterocycles. The van der Waals surface area contributed by atoms with E-state index >= 15 is 0 Å². The van der Waals surface area contributed by atoms with E-state index in [-0.39, 0.29) is 71.1 Å². The Morgan fingerprint density at radius 2 is 1.78 bits per heavy atom. The predicted molar refractivity (Wildman–Crippen MR) is 191 cm³/mol. The second kappa shape index (κ2) is 14.9. The van der Waals surface area contributed by atoms with Crippen molar-refractivity contribution in [1.29, 1.82) is 0 Å². The monoisotopic (exact) mass is 779 g/mol. The van der Waals surface area contributed by atoms with E-state index in [0.717, 1.165) is 11.1 Å². The number of aliphatic hydroxyl groups excluding tert-OH is 1. The van der Waals surface area contributed by atoms with Crippen molar-refractivity contribution >= 4 is 34.7 Å². The van der Waals surface area contributed by atoms with E-state index < -0.39 is 53.4 Å². The number of hydrogen-bond acceptors (Lipinski definition) is 15. The molecule has 0 spiro atoms. The Balaban J connectivity index is 1.28. The summed E-state index contributed by atoms with van der Waals surface area (Å²) in [4.78, 5) is 62.4. The molecule has 0 aliphatic carbocycles. The lowest BCUT2D eigenvalue weighted by molar-refractivity contribution is -0.153. The van der Waals surface area contributed by atoms with Gasteiger partial charge in [0.05, 0.1) is 31.9 Å². The lowest BCUT2D eigenvalue weighted by Crippen LogP contribution is -2.45. The Morgan fingerprint density at radius 3 is 2.40 bits per heavy atom. The summed E-state index contributed by atoms with van der Waals surface area (Å²) in [6.45, 7) is 10.9. The van der Waals surface area contributed by atoms with Crippen molar-refractivity contribution < 1.29 is 46.6 Å². The number of esters is 2. The van der Waals surface area contributed by atoms with E-state index in [1.54, 1.807) is 19.9 Å². The molecular weight excluding hydrogens is 742 g/mol. The van der Waals surface area contributed by atoms with Crippen molar-refractivity contribution in [2.24, 2.45) is 4.99 Å². The molecule has 55 heavy (non-hydrogen) atoms. The van der Waals surface area contributed by atoms with Gasteiger partial charge in [0.2, 0.25) is 5.28 Å². The molecule has 1 unspecified atom stereocenters. The lowest BCUT2D eigenvalue weighted by Gasteiger charge is -2.30. The molecule has 0 radical (unpaired) electrons. The molecule has 17 nitrogen and oxygen atoms in total. The van der Waals surface area contributed by atoms with Gasteiger partial charge in [0.15, 0.2) is 33.8 Å². The van der Waals surface area contributed by atoms with Crippen LogP contribution in [0.1, 0.15) is 73.0 Å². The van der Waals surface area contributed by atoms with Gasteiger partial charge in [-0.2, -0.15) is 4.98 Å². The highest BCUT2D eigenvalue weighted by molar-refractivity contribution is 6.28. The van der Waals surface area contributed by atoms with Crippen LogP contribution >= 0.6 is 11.6 Å². The number of fused-ring (bicyclic) bond motifs is 1. The Labute approximate surface area is 317 Å². The van der Waals surface area contributed by atoms with Crippen molar-refractivity contribution in [2.75, 3.05) is 13.2 Å². The van der Waals surface area contributed by atoms with Crippen molar-refractivity contribution in [1.82, 2.24) is 19.1 Å². The van der Waals surface area contributed by atoms with Crippen molar-refractivity contribution in [2.45, 2.75) is 91.1 Å². The first kappa shape index (κ1) is 39.0. The normalized spacial score (nSPS) is 18.9. The maximum Gasteiger partial charge on any atom is 0.519 e. The van der Waals surface area contributed by atoms with Gasteiger partial charge in [-0.1, -0.05) is 25.8 Å². The Kier molecular flexibility index (Phi) is 10.5. The molecule has 3 atom stereocenters. The number of rotatable bonds is 11. The predicted octanol–water partition coefficient (Wildman–Crippen LogP) is 3.50. The highest BCUT2D eigenvalue weighted by Crippen LogP contribution is 2.39. The number of aliphatic hydroxyl groups is 1. The lowest BCUT2D eigenvalue weighted by atomic mass is 9.78. The number of nitrogens with zero attached hydrogens (tertiary/aromatic N) is 5. The van der Waals surface area contributed by atoms with Crippen molar-refractivity contribution in [3.8, 4) is 18.1 Å². The summed E-state index contributed by atoms with van der Waals surface area (Å²) in [5.74, 6) is 0.633. The van der Waals surface area contributed by atoms with Crippen LogP contribution in [0.2, 0.25) is 5.28 Å². The zero-order valence-corrected chi connectivity index (χ0v) is 31.8. The fraction of sp³-hybridized carbons (Fsp3) is 0.432. The Hall–Kier alpha value is -5.70. The molecule has 290 valence electrons. The third kappa shape index (κ3) is 7.66. The standard InChI is InChI=1S/C37H38ClN5O12/c1-9-37(16-49-27(45)12-36(7,8)28-19(3)10-18(2)11-24(28)53-22(6)44)30(46)23(15-50-37)43-17-40-29-31(39-13-25-20(4)51-34(47)54-25)42(33(38)41-32(29)43)14-26-21(5)52-35(48)55-26/h1,10-11,17,23,30,46H,12-16H2,2-8H3/b39-31-/t23?,30-,37+/m0/s1. The maximum absolute atomic E-state index is 13.3. The number of ether oxygens (including phenoxy) is 3. The molecule has 1 saturated heterocycles. The van der Waals surface area contributed by atoms with Gasteiger partial charge in [0, 0.05) is 17.9 Å². The average Bonchev–Trinajstić information content (AvgIpc) is 3.82. The summed E-state index contributed by atoms with van der Waals surface area (Å²) in [7, 11) is 0. The fourth-order valence-electron chi connectivity index (χ4n) is 6.83. The summed E-state index contributed by atoms with van der Waals surface area (Å²) in [6.07, 6.45) is 5.78. The van der Waals surface area contributed by atoms with Crippen LogP contribution in [0.4, 0.5) is 0 Å². The minimum atomic E-state index is -1.75. The molecule has 1 N–H and O–H groups in total. The molecule has 1 fully saturated rings. The number of hydrogen-bond donors (Lipinski definition) is 1. The van der Waals surface area contributed by atoms with Crippen molar-refractivity contribution in [3.05, 3.63) is 90.2 Å². The zero-order chi connectivity index (χ0) is 40.0. The van der Waals surface area contributed by atoms with E-state index in [4.69, 9.17) is 49.9 Å². The van der Waals surface area contributed by atoms with Crippen LogP contribution < -0.4 is 21.9 Å². The summed E-state index contributed by atoms with van der Waals surface area (Å²) < 4.78 is 40.3. The number of carbonyl (C=O) groups excluding carboxylic acids is 2. The topological polar surface area (TPSA) is 217 Å². The highest BCUT2D eigenvalue weighted by Gasteiger charge is 2.51. The summed E-state index contributed by atoms with van der Waals surface area (Å²) in [6, 6.07) is 2.79. The van der Waals surface area contributed by atoms with Crippen LogP contribution in [-0.2, 0) is 37.6 Å². The highest BCUT2D eigenvalue weighted by atomic mass is 35.5. The van der Waals surface area contributed by atoms with Crippen LogP contribution in [0.5, 0.6) is 5.75 Å². The second-order valence-electron chi connectivity index (χ2n) is 13.9. The molecule has 5 heterocycles. The van der Waals surface area contributed by atoms with Gasteiger partial charge in [-0.15, -0.1) is 6.42 Å². The third-order valence-electron chi connectivity index (χ3n) is 9.36. The Morgan fingerprint density at radius 1 is 1.11 bits per heavy atom. The van der Waals surface area contributed by atoms with Gasteiger partial charge in [0.25, 0.3) is 0 Å². The number of benzene rings is 1. The molecule has 1 aliphatic heterocycles. The molecule has 6 rings (SSSR count). The van der Waals surface area contributed by atoms with Gasteiger partial charge < -0.3 is 41.6 Å². The van der Waals surface area contributed by atoms with E-state index in [1.807, 2.05) is 33.8 Å². The largest absolute Gasteiger partial charge is 0.519 e. The molecule has 0 bridgehead atoms. The molecular formula is C37H38ClN5O12.